The van der Waals surface area contributed by atoms with Crippen LogP contribution in [-0.4, -0.2) is 13.1 Å². The molecule has 1 aromatic carbocycles. The van der Waals surface area contributed by atoms with Crippen molar-refractivity contribution < 1.29 is 0 Å². The third-order valence-corrected chi connectivity index (χ3v) is 3.58. The molecule has 0 spiro atoms. The summed E-state index contributed by atoms with van der Waals surface area (Å²) >= 11 is 18.1. The van der Waals surface area contributed by atoms with Crippen molar-refractivity contribution in [2.45, 2.75) is 33.1 Å². The van der Waals surface area contributed by atoms with Crippen LogP contribution in [0.25, 0.3) is 0 Å². The van der Waals surface area contributed by atoms with E-state index in [1.807, 2.05) is 0 Å². The van der Waals surface area contributed by atoms with Crippen LogP contribution in [0, 0.1) is 5.92 Å². The van der Waals surface area contributed by atoms with Crippen LogP contribution in [-0.2, 0) is 6.42 Å². The Morgan fingerprint density at radius 2 is 1.67 bits per heavy atom. The van der Waals surface area contributed by atoms with E-state index in [2.05, 4.69) is 19.2 Å². The Morgan fingerprint density at radius 1 is 1.06 bits per heavy atom. The fourth-order valence-electron chi connectivity index (χ4n) is 1.75. The Balaban J connectivity index is 2.31. The molecule has 0 amide bonds. The molecule has 102 valence electrons. The van der Waals surface area contributed by atoms with Gasteiger partial charge in [-0.3, -0.25) is 0 Å². The van der Waals surface area contributed by atoms with Crippen molar-refractivity contribution in [2.75, 3.05) is 13.1 Å². The topological polar surface area (TPSA) is 12.0 Å². The molecule has 0 bridgehead atoms. The second-order valence-corrected chi connectivity index (χ2v) is 6.15. The van der Waals surface area contributed by atoms with Gasteiger partial charge in [0.1, 0.15) is 0 Å². The Bertz CT molecular complexity index is 354. The quantitative estimate of drug-likeness (QED) is 0.681. The molecule has 0 saturated carbocycles. The summed E-state index contributed by atoms with van der Waals surface area (Å²) in [5.74, 6) is 0.699. The summed E-state index contributed by atoms with van der Waals surface area (Å²) in [6.07, 6.45) is 3.10. The molecule has 0 atom stereocenters. The largest absolute Gasteiger partial charge is 0.316 e. The molecule has 0 aromatic heterocycles. The lowest BCUT2D eigenvalue weighted by Crippen LogP contribution is -2.20. The van der Waals surface area contributed by atoms with Gasteiger partial charge in [0.05, 0.1) is 0 Å². The molecule has 0 saturated heterocycles. The summed E-state index contributed by atoms with van der Waals surface area (Å²) in [5, 5.41) is 5.35. The van der Waals surface area contributed by atoms with Gasteiger partial charge in [-0.25, -0.2) is 0 Å². The summed E-state index contributed by atoms with van der Waals surface area (Å²) in [7, 11) is 0. The molecule has 0 radical (unpaired) electrons. The van der Waals surface area contributed by atoms with Crippen molar-refractivity contribution in [2.24, 2.45) is 5.92 Å². The Labute approximate surface area is 125 Å². The first-order valence-electron chi connectivity index (χ1n) is 6.35. The molecule has 18 heavy (non-hydrogen) atoms. The number of unbranched alkanes of at least 4 members (excludes halogenated alkanes) is 1. The Morgan fingerprint density at radius 3 is 2.22 bits per heavy atom. The number of rotatable bonds is 7. The number of hydrogen-bond acceptors (Lipinski definition) is 1. The van der Waals surface area contributed by atoms with Crippen molar-refractivity contribution in [1.29, 1.82) is 0 Å². The molecule has 0 aliphatic rings. The van der Waals surface area contributed by atoms with Crippen LogP contribution in [0.5, 0.6) is 0 Å². The van der Waals surface area contributed by atoms with Crippen LogP contribution in [0.4, 0.5) is 0 Å². The molecule has 1 N–H and O–H groups in total. The maximum atomic E-state index is 6.13. The average molecular weight is 309 g/mol. The fraction of sp³-hybridized carbons (Fsp3) is 0.571. The molecule has 0 aliphatic carbocycles. The van der Waals surface area contributed by atoms with Crippen molar-refractivity contribution in [1.82, 2.24) is 5.32 Å². The molecule has 0 heterocycles. The maximum absolute atomic E-state index is 6.13. The lowest BCUT2D eigenvalue weighted by Gasteiger charge is -2.09. The number of halogens is 3. The summed E-state index contributed by atoms with van der Waals surface area (Å²) in [6, 6.07) is 3.50. The lowest BCUT2D eigenvalue weighted by molar-refractivity contribution is 0.535. The fourth-order valence-corrected chi connectivity index (χ4v) is 2.76. The second kappa shape index (κ2) is 8.27. The van der Waals surface area contributed by atoms with E-state index < -0.39 is 0 Å². The average Bonchev–Trinajstić information content (AvgIpc) is 2.25. The van der Waals surface area contributed by atoms with Gasteiger partial charge in [0.2, 0.25) is 0 Å². The van der Waals surface area contributed by atoms with Crippen molar-refractivity contribution >= 4 is 34.8 Å². The summed E-state index contributed by atoms with van der Waals surface area (Å²) in [4.78, 5) is 0. The van der Waals surface area contributed by atoms with Crippen molar-refractivity contribution in [3.05, 3.63) is 32.8 Å². The predicted octanol–water partition coefficient (Wildman–Crippen LogP) is 5.22. The third-order valence-electron chi connectivity index (χ3n) is 2.69. The lowest BCUT2D eigenvalue weighted by atomic mass is 10.1. The smallest absolute Gasteiger partial charge is 0.0467 e. The molecule has 4 heteroatoms. The Kier molecular flexibility index (Phi) is 7.40. The van der Waals surface area contributed by atoms with Crippen LogP contribution in [0.15, 0.2) is 12.1 Å². The van der Waals surface area contributed by atoms with E-state index in [4.69, 9.17) is 34.8 Å². The van der Waals surface area contributed by atoms with E-state index in [9.17, 15) is 0 Å². The first-order valence-corrected chi connectivity index (χ1v) is 7.48. The molecule has 0 unspecified atom stereocenters. The van der Waals surface area contributed by atoms with Gasteiger partial charge in [-0.1, -0.05) is 48.7 Å². The van der Waals surface area contributed by atoms with E-state index in [0.29, 0.717) is 21.0 Å². The van der Waals surface area contributed by atoms with E-state index >= 15 is 0 Å². The number of hydrogen-bond donors (Lipinski definition) is 1. The van der Waals surface area contributed by atoms with E-state index in [1.165, 1.54) is 0 Å². The highest BCUT2D eigenvalue weighted by Gasteiger charge is 2.07. The highest BCUT2D eigenvalue weighted by Crippen LogP contribution is 2.30. The third kappa shape index (κ3) is 5.79. The van der Waals surface area contributed by atoms with Gasteiger partial charge in [-0.15, -0.1) is 0 Å². The van der Waals surface area contributed by atoms with Crippen LogP contribution in [0.1, 0.15) is 32.3 Å². The minimum Gasteiger partial charge on any atom is -0.316 e. The molecular weight excluding hydrogens is 289 g/mol. The molecule has 0 fully saturated rings. The van der Waals surface area contributed by atoms with Crippen LogP contribution >= 0.6 is 34.8 Å². The standard InChI is InChI=1S/C14H20Cl3N/c1-10(2)9-18-6-4-3-5-12-13(16)7-11(15)8-14(12)17/h7-8,10,18H,3-6,9H2,1-2H3. The monoisotopic (exact) mass is 307 g/mol. The zero-order valence-corrected chi connectivity index (χ0v) is 13.2. The minimum atomic E-state index is 0.590. The normalized spacial score (nSPS) is 11.2. The maximum Gasteiger partial charge on any atom is 0.0467 e. The van der Waals surface area contributed by atoms with Crippen LogP contribution in [0.3, 0.4) is 0 Å². The van der Waals surface area contributed by atoms with Crippen LogP contribution < -0.4 is 5.32 Å². The van der Waals surface area contributed by atoms with Crippen molar-refractivity contribution in [3.63, 3.8) is 0 Å². The highest BCUT2D eigenvalue weighted by atomic mass is 35.5. The van der Waals surface area contributed by atoms with E-state index in [-0.39, 0.29) is 0 Å². The predicted molar refractivity (Wildman–Crippen MR) is 82.1 cm³/mol. The summed E-state index contributed by atoms with van der Waals surface area (Å²) in [5.41, 5.74) is 1.01. The number of nitrogens with one attached hydrogen (secondary N) is 1. The van der Waals surface area contributed by atoms with Gasteiger partial charge >= 0.3 is 0 Å². The van der Waals surface area contributed by atoms with Gasteiger partial charge in [0.15, 0.2) is 0 Å². The second-order valence-electron chi connectivity index (χ2n) is 4.90. The molecule has 0 aliphatic heterocycles. The first-order chi connectivity index (χ1) is 8.50. The van der Waals surface area contributed by atoms with Gasteiger partial charge in [-0.05, 0) is 56.0 Å². The van der Waals surface area contributed by atoms with Gasteiger partial charge in [0.25, 0.3) is 0 Å². The van der Waals surface area contributed by atoms with E-state index in [0.717, 1.165) is 37.9 Å². The molecule has 1 aromatic rings. The number of benzene rings is 1. The van der Waals surface area contributed by atoms with Crippen LogP contribution in [0.2, 0.25) is 15.1 Å². The molecule has 1 nitrogen and oxygen atoms in total. The summed E-state index contributed by atoms with van der Waals surface area (Å²) < 4.78 is 0. The van der Waals surface area contributed by atoms with Gasteiger partial charge < -0.3 is 5.32 Å². The van der Waals surface area contributed by atoms with Gasteiger partial charge in [-0.2, -0.15) is 0 Å². The summed E-state index contributed by atoms with van der Waals surface area (Å²) in [6.45, 7) is 6.53. The van der Waals surface area contributed by atoms with Crippen molar-refractivity contribution in [3.8, 4) is 0 Å². The molecular formula is C14H20Cl3N. The SMILES string of the molecule is CC(C)CNCCCCc1c(Cl)cc(Cl)cc1Cl. The van der Waals surface area contributed by atoms with E-state index in [1.54, 1.807) is 12.1 Å². The zero-order valence-electron chi connectivity index (χ0n) is 10.9. The molecule has 1 rings (SSSR count). The Hall–Kier alpha value is 0.0500. The van der Waals surface area contributed by atoms with Gasteiger partial charge in [0, 0.05) is 15.1 Å². The first kappa shape index (κ1) is 16.1. The highest BCUT2D eigenvalue weighted by molar-refractivity contribution is 6.39. The zero-order chi connectivity index (χ0) is 13.5. The minimum absolute atomic E-state index is 0.590.